The van der Waals surface area contributed by atoms with Crippen molar-refractivity contribution in [3.63, 3.8) is 0 Å². The first-order valence-electron chi connectivity index (χ1n) is 5.63. The highest BCUT2D eigenvalue weighted by Crippen LogP contribution is 2.26. The third kappa shape index (κ3) is 3.03. The van der Waals surface area contributed by atoms with E-state index in [4.69, 9.17) is 11.6 Å². The van der Waals surface area contributed by atoms with E-state index < -0.39 is 21.3 Å². The summed E-state index contributed by atoms with van der Waals surface area (Å²) in [5, 5.41) is 21.8. The lowest BCUT2D eigenvalue weighted by molar-refractivity contribution is -0.385. The van der Waals surface area contributed by atoms with Crippen LogP contribution in [-0.4, -0.2) is 15.6 Å². The van der Waals surface area contributed by atoms with Crippen molar-refractivity contribution >= 4 is 28.8 Å². The molecule has 0 bridgehead atoms. The van der Waals surface area contributed by atoms with Crippen LogP contribution in [0.1, 0.15) is 15.9 Å². The van der Waals surface area contributed by atoms with Crippen LogP contribution in [0.4, 0.5) is 11.4 Å². The number of carbonyl (C=O) groups excluding carboxylic acids is 1. The topological polar surface area (TPSA) is 103 Å². The Hall–Kier alpha value is -2.80. The van der Waals surface area contributed by atoms with Gasteiger partial charge in [-0.1, -0.05) is 23.7 Å². The van der Waals surface area contributed by atoms with Gasteiger partial charge in [-0.25, -0.2) is 0 Å². The van der Waals surface area contributed by atoms with E-state index in [0.29, 0.717) is 0 Å². The van der Waals surface area contributed by atoms with E-state index in [1.165, 1.54) is 30.3 Å². The molecule has 2 aromatic rings. The molecule has 8 heteroatoms. The van der Waals surface area contributed by atoms with Crippen LogP contribution in [-0.2, 0) is 0 Å². The third-order valence-electron chi connectivity index (χ3n) is 2.72. The van der Waals surface area contributed by atoms with Crippen molar-refractivity contribution in [1.29, 1.82) is 0 Å². The maximum atomic E-state index is 12.3. The number of halogens is 1. The van der Waals surface area contributed by atoms with Crippen LogP contribution in [0.25, 0.3) is 0 Å². The van der Waals surface area contributed by atoms with E-state index >= 15 is 0 Å². The number of ketones is 1. The minimum Gasteiger partial charge on any atom is -0.288 e. The second kappa shape index (κ2) is 5.68. The highest BCUT2D eigenvalue weighted by atomic mass is 35.5. The molecule has 0 aromatic heterocycles. The van der Waals surface area contributed by atoms with Gasteiger partial charge in [-0.3, -0.25) is 25.0 Å². The summed E-state index contributed by atoms with van der Waals surface area (Å²) in [5.74, 6) is -0.679. The lowest BCUT2D eigenvalue weighted by Crippen LogP contribution is -2.06. The number of non-ortho nitro benzene ring substituents is 1. The Morgan fingerprint density at radius 3 is 2.33 bits per heavy atom. The molecule has 0 atom stereocenters. The summed E-state index contributed by atoms with van der Waals surface area (Å²) in [7, 11) is 0. The van der Waals surface area contributed by atoms with Crippen molar-refractivity contribution in [3.8, 4) is 0 Å². The number of nitrogens with zero attached hydrogens (tertiary/aromatic N) is 2. The van der Waals surface area contributed by atoms with Gasteiger partial charge in [0.1, 0.15) is 5.56 Å². The zero-order chi connectivity index (χ0) is 15.6. The molecular weight excluding hydrogens is 300 g/mol. The largest absolute Gasteiger partial charge is 0.288 e. The molecule has 0 unspecified atom stereocenters. The molecule has 0 amide bonds. The first kappa shape index (κ1) is 14.6. The van der Waals surface area contributed by atoms with Crippen LogP contribution < -0.4 is 0 Å². The van der Waals surface area contributed by atoms with Gasteiger partial charge in [-0.05, 0) is 12.1 Å². The monoisotopic (exact) mass is 306 g/mol. The molecule has 106 valence electrons. The number of hydrogen-bond donors (Lipinski definition) is 0. The molecule has 0 radical (unpaired) electrons. The van der Waals surface area contributed by atoms with Crippen LogP contribution in [0.5, 0.6) is 0 Å². The Balaban J connectivity index is 2.52. The van der Waals surface area contributed by atoms with Gasteiger partial charge in [0.15, 0.2) is 5.78 Å². The number of carbonyl (C=O) groups is 1. The molecule has 7 nitrogen and oxygen atoms in total. The third-order valence-corrected chi connectivity index (χ3v) is 2.96. The van der Waals surface area contributed by atoms with E-state index in [9.17, 15) is 25.0 Å². The fourth-order valence-corrected chi connectivity index (χ4v) is 1.93. The van der Waals surface area contributed by atoms with Crippen LogP contribution in [0.2, 0.25) is 5.02 Å². The number of benzene rings is 2. The van der Waals surface area contributed by atoms with Crippen molar-refractivity contribution in [1.82, 2.24) is 0 Å². The first-order chi connectivity index (χ1) is 9.90. The Kier molecular flexibility index (Phi) is 3.95. The van der Waals surface area contributed by atoms with E-state index in [-0.39, 0.29) is 21.8 Å². The van der Waals surface area contributed by atoms with Gasteiger partial charge in [-0.15, -0.1) is 0 Å². The summed E-state index contributed by atoms with van der Waals surface area (Å²) < 4.78 is 0. The predicted octanol–water partition coefficient (Wildman–Crippen LogP) is 3.39. The van der Waals surface area contributed by atoms with Crippen molar-refractivity contribution in [2.24, 2.45) is 0 Å². The molecule has 0 saturated carbocycles. The standard InChI is InChI=1S/C13H7ClN2O5/c14-9-4-5-11(12(7-9)16(20)21)13(17)8-2-1-3-10(6-8)15(18)19/h1-7H. The average Bonchev–Trinajstić information content (AvgIpc) is 2.46. The van der Waals surface area contributed by atoms with Gasteiger partial charge in [0.05, 0.1) is 9.85 Å². The Bertz CT molecular complexity index is 760. The van der Waals surface area contributed by atoms with Crippen LogP contribution in [0.3, 0.4) is 0 Å². The van der Waals surface area contributed by atoms with Gasteiger partial charge < -0.3 is 0 Å². The molecule has 0 spiro atoms. The molecule has 0 N–H and O–H groups in total. The Labute approximate surface area is 123 Å². The molecule has 0 heterocycles. The highest BCUT2D eigenvalue weighted by Gasteiger charge is 2.22. The normalized spacial score (nSPS) is 10.1. The number of nitro benzene ring substituents is 2. The summed E-state index contributed by atoms with van der Waals surface area (Å²) in [6.45, 7) is 0. The molecule has 21 heavy (non-hydrogen) atoms. The Morgan fingerprint density at radius 1 is 1.00 bits per heavy atom. The SMILES string of the molecule is O=C(c1cccc([N+](=O)[O-])c1)c1ccc(Cl)cc1[N+](=O)[O-]. The van der Waals surface area contributed by atoms with Gasteiger partial charge in [0.2, 0.25) is 0 Å². The molecule has 2 rings (SSSR count). The lowest BCUT2D eigenvalue weighted by Gasteiger charge is -2.03. The average molecular weight is 307 g/mol. The lowest BCUT2D eigenvalue weighted by atomic mass is 10.0. The van der Waals surface area contributed by atoms with Gasteiger partial charge in [0.25, 0.3) is 11.4 Å². The van der Waals surface area contributed by atoms with Crippen molar-refractivity contribution in [2.75, 3.05) is 0 Å². The maximum Gasteiger partial charge on any atom is 0.282 e. The van der Waals surface area contributed by atoms with Crippen molar-refractivity contribution in [3.05, 3.63) is 78.8 Å². The van der Waals surface area contributed by atoms with E-state index in [1.54, 1.807) is 0 Å². The quantitative estimate of drug-likeness (QED) is 0.489. The minimum atomic E-state index is -0.726. The second-order valence-electron chi connectivity index (χ2n) is 4.06. The minimum absolute atomic E-state index is 0.00498. The molecule has 0 saturated heterocycles. The fourth-order valence-electron chi connectivity index (χ4n) is 1.76. The van der Waals surface area contributed by atoms with Gasteiger partial charge >= 0.3 is 0 Å². The summed E-state index contributed by atoms with van der Waals surface area (Å²) >= 11 is 5.67. The zero-order valence-corrected chi connectivity index (χ0v) is 11.1. The Morgan fingerprint density at radius 2 is 1.71 bits per heavy atom. The second-order valence-corrected chi connectivity index (χ2v) is 4.49. The molecule has 0 fully saturated rings. The van der Waals surface area contributed by atoms with Gasteiger partial charge in [-0.2, -0.15) is 0 Å². The number of nitro groups is 2. The van der Waals surface area contributed by atoms with Crippen LogP contribution in [0.15, 0.2) is 42.5 Å². The maximum absolute atomic E-state index is 12.3. The van der Waals surface area contributed by atoms with Gasteiger partial charge in [0, 0.05) is 28.8 Å². The summed E-state index contributed by atoms with van der Waals surface area (Å²) in [5.41, 5.74) is -0.893. The predicted molar refractivity (Wildman–Crippen MR) is 74.6 cm³/mol. The van der Waals surface area contributed by atoms with Crippen molar-refractivity contribution in [2.45, 2.75) is 0 Å². The van der Waals surface area contributed by atoms with E-state index in [2.05, 4.69) is 0 Å². The summed E-state index contributed by atoms with van der Waals surface area (Å²) in [4.78, 5) is 32.6. The molecule has 0 aliphatic rings. The number of hydrogen-bond acceptors (Lipinski definition) is 5. The van der Waals surface area contributed by atoms with Crippen LogP contribution in [0, 0.1) is 20.2 Å². The van der Waals surface area contributed by atoms with E-state index in [0.717, 1.165) is 12.1 Å². The van der Waals surface area contributed by atoms with Crippen LogP contribution >= 0.6 is 11.6 Å². The fraction of sp³-hybridized carbons (Fsp3) is 0. The molecule has 0 aliphatic carbocycles. The highest BCUT2D eigenvalue weighted by molar-refractivity contribution is 6.31. The smallest absolute Gasteiger partial charge is 0.282 e. The van der Waals surface area contributed by atoms with Crippen molar-refractivity contribution < 1.29 is 14.6 Å². The molecule has 0 aliphatic heterocycles. The first-order valence-corrected chi connectivity index (χ1v) is 6.01. The summed E-state index contributed by atoms with van der Waals surface area (Å²) in [6, 6.07) is 8.63. The molecule has 2 aromatic carbocycles. The molecular formula is C13H7ClN2O5. The van der Waals surface area contributed by atoms with E-state index in [1.807, 2.05) is 0 Å². The zero-order valence-electron chi connectivity index (χ0n) is 10.4. The number of rotatable bonds is 4. The summed E-state index contributed by atoms with van der Waals surface area (Å²) in [6.07, 6.45) is 0.